The first-order valence-corrected chi connectivity index (χ1v) is 5.58. The molecule has 88 valence electrons. The predicted molar refractivity (Wildman–Crippen MR) is 61.5 cm³/mol. The van der Waals surface area contributed by atoms with Gasteiger partial charge in [-0.15, -0.1) is 11.3 Å². The first-order valence-electron chi connectivity index (χ1n) is 4.77. The highest BCUT2D eigenvalue weighted by Gasteiger charge is 2.13. The third-order valence-electron chi connectivity index (χ3n) is 2.26. The van der Waals surface area contributed by atoms with E-state index in [1.807, 2.05) is 6.92 Å². The van der Waals surface area contributed by atoms with Crippen LogP contribution in [0.2, 0.25) is 0 Å². The van der Waals surface area contributed by atoms with E-state index in [0.29, 0.717) is 11.4 Å². The molecular formula is C10H14N2O3S. The van der Waals surface area contributed by atoms with Gasteiger partial charge in [0.05, 0.1) is 6.04 Å². The number of primary amides is 1. The van der Waals surface area contributed by atoms with Crippen molar-refractivity contribution in [3.05, 3.63) is 21.4 Å². The lowest BCUT2D eigenvalue weighted by molar-refractivity contribution is -0.119. The molecule has 1 rings (SSSR count). The second-order valence-electron chi connectivity index (χ2n) is 3.50. The zero-order valence-electron chi connectivity index (χ0n) is 9.11. The highest BCUT2D eigenvalue weighted by Crippen LogP contribution is 2.21. The maximum absolute atomic E-state index is 10.8. The fourth-order valence-electron chi connectivity index (χ4n) is 1.16. The molecular weight excluding hydrogens is 228 g/mol. The molecule has 4 N–H and O–H groups in total. The molecule has 1 atom stereocenters. The zero-order valence-corrected chi connectivity index (χ0v) is 9.93. The van der Waals surface area contributed by atoms with Crippen molar-refractivity contribution in [1.29, 1.82) is 0 Å². The van der Waals surface area contributed by atoms with Crippen LogP contribution in [0.5, 0.6) is 0 Å². The summed E-state index contributed by atoms with van der Waals surface area (Å²) in [5, 5.41) is 11.7. The number of hydrogen-bond donors (Lipinski definition) is 3. The van der Waals surface area contributed by atoms with Crippen molar-refractivity contribution in [2.75, 3.05) is 0 Å². The van der Waals surface area contributed by atoms with E-state index in [9.17, 15) is 9.59 Å². The minimum absolute atomic E-state index is 0.307. The van der Waals surface area contributed by atoms with Crippen LogP contribution in [0.4, 0.5) is 0 Å². The highest BCUT2D eigenvalue weighted by molar-refractivity contribution is 7.14. The summed E-state index contributed by atoms with van der Waals surface area (Å²) in [7, 11) is 0. The fourth-order valence-corrected chi connectivity index (χ4v) is 2.04. The maximum Gasteiger partial charge on any atom is 0.345 e. The number of carbonyl (C=O) groups excluding carboxylic acids is 1. The van der Waals surface area contributed by atoms with Crippen molar-refractivity contribution in [1.82, 2.24) is 5.32 Å². The van der Waals surface area contributed by atoms with Gasteiger partial charge >= 0.3 is 5.97 Å². The van der Waals surface area contributed by atoms with Crippen LogP contribution in [0.3, 0.4) is 0 Å². The van der Waals surface area contributed by atoms with Gasteiger partial charge in [0.1, 0.15) is 4.88 Å². The van der Waals surface area contributed by atoms with E-state index >= 15 is 0 Å². The summed E-state index contributed by atoms with van der Waals surface area (Å²) < 4.78 is 0. The molecule has 0 radical (unpaired) electrons. The third-order valence-corrected chi connectivity index (χ3v) is 3.34. The summed E-state index contributed by atoms with van der Waals surface area (Å²) in [6.45, 7) is 3.96. The van der Waals surface area contributed by atoms with Crippen LogP contribution < -0.4 is 11.1 Å². The molecule has 1 amide bonds. The minimum atomic E-state index is -0.928. The average Bonchev–Trinajstić information content (AvgIpc) is 2.56. The van der Waals surface area contributed by atoms with Gasteiger partial charge in [-0.3, -0.25) is 4.79 Å². The van der Waals surface area contributed by atoms with E-state index in [1.165, 1.54) is 11.3 Å². The Hall–Kier alpha value is -1.40. The van der Waals surface area contributed by atoms with Crippen LogP contribution in [-0.4, -0.2) is 23.0 Å². The molecule has 6 heteroatoms. The van der Waals surface area contributed by atoms with Crippen LogP contribution >= 0.6 is 11.3 Å². The molecule has 1 aromatic rings. The highest BCUT2D eigenvalue weighted by atomic mass is 32.1. The number of carboxylic acid groups (broad SMARTS) is 1. The van der Waals surface area contributed by atoms with E-state index in [0.717, 1.165) is 10.4 Å². The van der Waals surface area contributed by atoms with Gasteiger partial charge in [-0.25, -0.2) is 4.79 Å². The predicted octanol–water partition coefficient (Wildman–Crippen LogP) is 0.718. The minimum Gasteiger partial charge on any atom is -0.477 e. The van der Waals surface area contributed by atoms with Gasteiger partial charge in [0.15, 0.2) is 0 Å². The second kappa shape index (κ2) is 5.09. The number of nitrogens with one attached hydrogen (secondary N) is 1. The summed E-state index contributed by atoms with van der Waals surface area (Å²) in [5.41, 5.74) is 5.98. The molecule has 0 aliphatic heterocycles. The van der Waals surface area contributed by atoms with Crippen LogP contribution in [-0.2, 0) is 11.3 Å². The molecule has 0 aromatic carbocycles. The average molecular weight is 242 g/mol. The number of carbonyl (C=O) groups is 2. The summed E-state index contributed by atoms with van der Waals surface area (Å²) in [6, 6.07) is 1.19. The Morgan fingerprint density at radius 2 is 2.25 bits per heavy atom. The van der Waals surface area contributed by atoms with E-state index in [1.54, 1.807) is 13.0 Å². The SMILES string of the molecule is Cc1sc(C(=O)O)cc1CNC(C)C(N)=O. The number of hydrogen-bond acceptors (Lipinski definition) is 4. The standard InChI is InChI=1S/C10H14N2O3S/c1-5(9(11)13)12-4-7-3-8(10(14)15)16-6(7)2/h3,5,12H,4H2,1-2H3,(H2,11,13)(H,14,15). The topological polar surface area (TPSA) is 92.4 Å². The fraction of sp³-hybridized carbons (Fsp3) is 0.400. The van der Waals surface area contributed by atoms with Gasteiger partial charge in [-0.05, 0) is 25.5 Å². The van der Waals surface area contributed by atoms with E-state index in [4.69, 9.17) is 10.8 Å². The van der Waals surface area contributed by atoms with Gasteiger partial charge in [0.2, 0.25) is 5.91 Å². The molecule has 0 aliphatic carbocycles. The smallest absolute Gasteiger partial charge is 0.345 e. The number of thiophene rings is 1. The van der Waals surface area contributed by atoms with Gasteiger partial charge < -0.3 is 16.2 Å². The number of nitrogens with two attached hydrogens (primary N) is 1. The van der Waals surface area contributed by atoms with Crippen LogP contribution in [0.25, 0.3) is 0 Å². The molecule has 0 aliphatic rings. The Balaban J connectivity index is 2.67. The molecule has 0 spiro atoms. The number of rotatable bonds is 5. The molecule has 0 fully saturated rings. The monoisotopic (exact) mass is 242 g/mol. The number of aryl methyl sites for hydroxylation is 1. The summed E-state index contributed by atoms with van der Waals surface area (Å²) in [5.74, 6) is -1.35. The lowest BCUT2D eigenvalue weighted by Crippen LogP contribution is -2.38. The summed E-state index contributed by atoms with van der Waals surface area (Å²) >= 11 is 1.23. The molecule has 1 unspecified atom stereocenters. The zero-order chi connectivity index (χ0) is 12.3. The van der Waals surface area contributed by atoms with Gasteiger partial charge in [0.25, 0.3) is 0 Å². The van der Waals surface area contributed by atoms with Crippen molar-refractivity contribution >= 4 is 23.2 Å². The van der Waals surface area contributed by atoms with Crippen molar-refractivity contribution in [3.63, 3.8) is 0 Å². The van der Waals surface area contributed by atoms with Crippen molar-refractivity contribution in [2.45, 2.75) is 26.4 Å². The van der Waals surface area contributed by atoms with Crippen molar-refractivity contribution in [3.8, 4) is 0 Å². The Bertz CT molecular complexity index is 414. The molecule has 0 saturated heterocycles. The van der Waals surface area contributed by atoms with Crippen LogP contribution in [0.1, 0.15) is 27.0 Å². The maximum atomic E-state index is 10.8. The normalized spacial score (nSPS) is 12.4. The molecule has 1 aromatic heterocycles. The van der Waals surface area contributed by atoms with E-state index in [2.05, 4.69) is 5.32 Å². The first-order chi connectivity index (χ1) is 7.41. The Kier molecular flexibility index (Phi) is 4.03. The number of carboxylic acids is 1. The van der Waals surface area contributed by atoms with E-state index < -0.39 is 17.9 Å². The Morgan fingerprint density at radius 3 is 2.69 bits per heavy atom. The van der Waals surface area contributed by atoms with Crippen LogP contribution in [0.15, 0.2) is 6.07 Å². The Morgan fingerprint density at radius 1 is 1.62 bits per heavy atom. The lowest BCUT2D eigenvalue weighted by atomic mass is 10.2. The quantitative estimate of drug-likeness (QED) is 0.709. The molecule has 5 nitrogen and oxygen atoms in total. The van der Waals surface area contributed by atoms with Crippen molar-refractivity contribution < 1.29 is 14.7 Å². The summed E-state index contributed by atoms with van der Waals surface area (Å²) in [6.07, 6.45) is 0. The molecule has 0 saturated carbocycles. The van der Waals surface area contributed by atoms with Crippen molar-refractivity contribution in [2.24, 2.45) is 5.73 Å². The van der Waals surface area contributed by atoms with E-state index in [-0.39, 0.29) is 0 Å². The third kappa shape index (κ3) is 3.04. The lowest BCUT2D eigenvalue weighted by Gasteiger charge is -2.09. The largest absolute Gasteiger partial charge is 0.477 e. The van der Waals surface area contributed by atoms with Gasteiger partial charge in [-0.2, -0.15) is 0 Å². The van der Waals surface area contributed by atoms with Crippen LogP contribution in [0, 0.1) is 6.92 Å². The summed E-state index contributed by atoms with van der Waals surface area (Å²) in [4.78, 5) is 22.8. The number of amides is 1. The van der Waals surface area contributed by atoms with Gasteiger partial charge in [0, 0.05) is 11.4 Å². The molecule has 0 bridgehead atoms. The second-order valence-corrected chi connectivity index (χ2v) is 4.76. The first kappa shape index (κ1) is 12.7. The number of aromatic carboxylic acids is 1. The van der Waals surface area contributed by atoms with Gasteiger partial charge in [-0.1, -0.05) is 0 Å². The molecule has 16 heavy (non-hydrogen) atoms. The Labute approximate surface area is 97.3 Å². The molecule has 1 heterocycles.